The molecule has 0 saturated carbocycles. The van der Waals surface area contributed by atoms with Gasteiger partial charge in [-0.25, -0.2) is 0 Å². The van der Waals surface area contributed by atoms with Crippen LogP contribution in [0.25, 0.3) is 0 Å². The van der Waals surface area contributed by atoms with Crippen LogP contribution >= 0.6 is 11.3 Å². The summed E-state index contributed by atoms with van der Waals surface area (Å²) in [6.07, 6.45) is 1.09. The smallest absolute Gasteiger partial charge is 0.263 e. The first kappa shape index (κ1) is 10.6. The molecule has 2 rings (SSSR count). The molecule has 1 aromatic rings. The Hall–Kier alpha value is -0.870. The van der Waals surface area contributed by atoms with Gasteiger partial charge in [0.05, 0.1) is 17.0 Å². The van der Waals surface area contributed by atoms with Crippen LogP contribution in [-0.2, 0) is 4.74 Å². The van der Waals surface area contributed by atoms with Gasteiger partial charge in [0, 0.05) is 13.7 Å². The fourth-order valence-corrected chi connectivity index (χ4v) is 2.66. The van der Waals surface area contributed by atoms with Crippen LogP contribution in [0.5, 0.6) is 0 Å². The summed E-state index contributed by atoms with van der Waals surface area (Å²) in [5.41, 5.74) is 0. The number of carbonyl (C=O) groups excluding carboxylic acids is 1. The molecule has 1 aliphatic rings. The van der Waals surface area contributed by atoms with Gasteiger partial charge in [-0.1, -0.05) is 6.07 Å². The molecule has 1 amide bonds. The normalized spacial score (nSPS) is 25.5. The second-order valence-corrected chi connectivity index (χ2v) is 4.77. The van der Waals surface area contributed by atoms with Crippen molar-refractivity contribution in [3.05, 3.63) is 22.4 Å². The molecule has 0 radical (unpaired) electrons. The summed E-state index contributed by atoms with van der Waals surface area (Å²) in [7, 11) is 1.86. The van der Waals surface area contributed by atoms with E-state index in [9.17, 15) is 4.79 Å². The largest absolute Gasteiger partial charge is 0.376 e. The Morgan fingerprint density at radius 3 is 3.00 bits per heavy atom. The van der Waals surface area contributed by atoms with E-state index in [1.165, 1.54) is 11.3 Å². The van der Waals surface area contributed by atoms with Gasteiger partial charge >= 0.3 is 0 Å². The molecule has 2 heterocycles. The van der Waals surface area contributed by atoms with Crippen LogP contribution in [0.15, 0.2) is 17.5 Å². The van der Waals surface area contributed by atoms with E-state index in [0.717, 1.165) is 17.9 Å². The standard InChI is InChI=1S/C11H15NO2S/c1-8-9(5-6-14-8)12(2)11(13)10-4-3-7-15-10/h3-4,7-9H,5-6H2,1-2H3. The highest BCUT2D eigenvalue weighted by molar-refractivity contribution is 7.12. The van der Waals surface area contributed by atoms with Crippen LogP contribution < -0.4 is 0 Å². The monoisotopic (exact) mass is 225 g/mol. The maximum atomic E-state index is 12.0. The van der Waals surface area contributed by atoms with Gasteiger partial charge in [0.2, 0.25) is 0 Å². The highest BCUT2D eigenvalue weighted by Gasteiger charge is 2.31. The van der Waals surface area contributed by atoms with Crippen molar-refractivity contribution in [2.24, 2.45) is 0 Å². The highest BCUT2D eigenvalue weighted by atomic mass is 32.1. The molecule has 2 unspecified atom stereocenters. The SMILES string of the molecule is CC1OCCC1N(C)C(=O)c1cccs1. The molecule has 1 aromatic heterocycles. The summed E-state index contributed by atoms with van der Waals surface area (Å²) in [4.78, 5) is 14.6. The van der Waals surface area contributed by atoms with Crippen LogP contribution in [0.1, 0.15) is 23.0 Å². The third-order valence-electron chi connectivity index (χ3n) is 2.89. The quantitative estimate of drug-likeness (QED) is 0.770. The molecule has 1 aliphatic heterocycles. The lowest BCUT2D eigenvalue weighted by Gasteiger charge is -2.26. The fraction of sp³-hybridized carbons (Fsp3) is 0.545. The Balaban J connectivity index is 2.07. The molecule has 0 spiro atoms. The van der Waals surface area contributed by atoms with E-state index >= 15 is 0 Å². The molecule has 1 saturated heterocycles. The van der Waals surface area contributed by atoms with Gasteiger partial charge in [-0.15, -0.1) is 11.3 Å². The van der Waals surface area contributed by atoms with Crippen molar-refractivity contribution >= 4 is 17.2 Å². The number of thiophene rings is 1. The van der Waals surface area contributed by atoms with E-state index in [1.807, 2.05) is 36.4 Å². The zero-order valence-electron chi connectivity index (χ0n) is 8.97. The minimum atomic E-state index is 0.104. The fourth-order valence-electron chi connectivity index (χ4n) is 1.95. The molecule has 2 atom stereocenters. The number of amides is 1. The molecule has 3 nitrogen and oxygen atoms in total. The van der Waals surface area contributed by atoms with Crippen LogP contribution in [0, 0.1) is 0 Å². The van der Waals surface area contributed by atoms with Gasteiger partial charge in [-0.2, -0.15) is 0 Å². The summed E-state index contributed by atoms with van der Waals surface area (Å²) in [5, 5.41) is 1.93. The van der Waals surface area contributed by atoms with Crippen molar-refractivity contribution in [3.8, 4) is 0 Å². The summed E-state index contributed by atoms with van der Waals surface area (Å²) >= 11 is 1.49. The van der Waals surface area contributed by atoms with E-state index in [2.05, 4.69) is 0 Å². The molecule has 0 bridgehead atoms. The second-order valence-electron chi connectivity index (χ2n) is 3.83. The number of carbonyl (C=O) groups is 1. The molecule has 1 fully saturated rings. The second kappa shape index (κ2) is 4.33. The first-order valence-electron chi connectivity index (χ1n) is 5.12. The van der Waals surface area contributed by atoms with Crippen LogP contribution in [0.2, 0.25) is 0 Å². The maximum Gasteiger partial charge on any atom is 0.263 e. The van der Waals surface area contributed by atoms with Gasteiger partial charge in [-0.05, 0) is 24.8 Å². The number of rotatable bonds is 2. The topological polar surface area (TPSA) is 29.5 Å². The van der Waals surface area contributed by atoms with Crippen LogP contribution in [-0.4, -0.2) is 36.6 Å². The molecule has 0 aliphatic carbocycles. The van der Waals surface area contributed by atoms with Crippen molar-refractivity contribution in [3.63, 3.8) is 0 Å². The molecular formula is C11H15NO2S. The van der Waals surface area contributed by atoms with Crippen molar-refractivity contribution in [1.82, 2.24) is 4.90 Å². The lowest BCUT2D eigenvalue weighted by Crippen LogP contribution is -2.40. The molecule has 15 heavy (non-hydrogen) atoms. The Morgan fingerprint density at radius 1 is 1.67 bits per heavy atom. The minimum Gasteiger partial charge on any atom is -0.376 e. The van der Waals surface area contributed by atoms with Crippen molar-refractivity contribution < 1.29 is 9.53 Å². The Kier molecular flexibility index (Phi) is 3.07. The van der Waals surface area contributed by atoms with E-state index in [1.54, 1.807) is 0 Å². The average Bonchev–Trinajstić information content (AvgIpc) is 2.85. The van der Waals surface area contributed by atoms with E-state index in [4.69, 9.17) is 4.74 Å². The number of hydrogen-bond acceptors (Lipinski definition) is 3. The van der Waals surface area contributed by atoms with Gasteiger partial charge in [0.1, 0.15) is 0 Å². The van der Waals surface area contributed by atoms with Crippen LogP contribution in [0.3, 0.4) is 0 Å². The van der Waals surface area contributed by atoms with Gasteiger partial charge < -0.3 is 9.64 Å². The van der Waals surface area contributed by atoms with E-state index < -0.39 is 0 Å². The maximum absolute atomic E-state index is 12.0. The van der Waals surface area contributed by atoms with Crippen molar-refractivity contribution in [1.29, 1.82) is 0 Å². The first-order valence-corrected chi connectivity index (χ1v) is 6.00. The van der Waals surface area contributed by atoms with E-state index in [-0.39, 0.29) is 18.1 Å². The molecule has 4 heteroatoms. The van der Waals surface area contributed by atoms with Gasteiger partial charge in [0.15, 0.2) is 0 Å². The molecular weight excluding hydrogens is 210 g/mol. The molecule has 0 N–H and O–H groups in total. The molecule has 82 valence electrons. The van der Waals surface area contributed by atoms with E-state index in [0.29, 0.717) is 0 Å². The Bertz CT molecular complexity index is 336. The van der Waals surface area contributed by atoms with Crippen LogP contribution in [0.4, 0.5) is 0 Å². The first-order chi connectivity index (χ1) is 7.20. The van der Waals surface area contributed by atoms with Gasteiger partial charge in [0.25, 0.3) is 5.91 Å². The zero-order valence-corrected chi connectivity index (χ0v) is 9.79. The average molecular weight is 225 g/mol. The zero-order chi connectivity index (χ0) is 10.8. The predicted octanol–water partition coefficient (Wildman–Crippen LogP) is 2.00. The highest BCUT2D eigenvalue weighted by Crippen LogP contribution is 2.21. The number of hydrogen-bond donors (Lipinski definition) is 0. The third-order valence-corrected chi connectivity index (χ3v) is 3.74. The molecule has 0 aromatic carbocycles. The van der Waals surface area contributed by atoms with Crippen molar-refractivity contribution in [2.75, 3.05) is 13.7 Å². The van der Waals surface area contributed by atoms with Crippen molar-refractivity contribution in [2.45, 2.75) is 25.5 Å². The predicted molar refractivity (Wildman–Crippen MR) is 60.2 cm³/mol. The summed E-state index contributed by atoms with van der Waals surface area (Å²) in [5.74, 6) is 0.104. The van der Waals surface area contributed by atoms with Gasteiger partial charge in [-0.3, -0.25) is 4.79 Å². The Labute approximate surface area is 93.7 Å². The lowest BCUT2D eigenvalue weighted by molar-refractivity contribution is 0.0578. The minimum absolute atomic E-state index is 0.104. The lowest BCUT2D eigenvalue weighted by atomic mass is 10.1. The Morgan fingerprint density at radius 2 is 2.47 bits per heavy atom. The number of nitrogens with zero attached hydrogens (tertiary/aromatic N) is 1. The third kappa shape index (κ3) is 2.06. The summed E-state index contributed by atoms with van der Waals surface area (Å²) in [6.45, 7) is 2.78. The number of likely N-dealkylation sites (N-methyl/N-ethyl adjacent to an activating group) is 1. The number of ether oxygens (including phenoxy) is 1. The summed E-state index contributed by atoms with van der Waals surface area (Å²) < 4.78 is 5.46. The summed E-state index contributed by atoms with van der Waals surface area (Å²) in [6, 6.07) is 3.99.